The Morgan fingerprint density at radius 1 is 0.960 bits per heavy atom. The first-order chi connectivity index (χ1) is 12.1. The molecule has 6 nitrogen and oxygen atoms in total. The molecule has 0 unspecified atom stereocenters. The van der Waals surface area contributed by atoms with E-state index in [9.17, 15) is 5.11 Å². The van der Waals surface area contributed by atoms with Crippen molar-refractivity contribution >= 4 is 11.4 Å². The molecule has 1 aromatic heterocycles. The van der Waals surface area contributed by atoms with E-state index in [1.165, 1.54) is 0 Å². The van der Waals surface area contributed by atoms with Gasteiger partial charge in [0.1, 0.15) is 17.3 Å². The molecule has 6 heteroatoms. The molecule has 3 aromatic rings. The van der Waals surface area contributed by atoms with E-state index in [1.807, 2.05) is 31.2 Å². The second-order valence-electron chi connectivity index (χ2n) is 5.41. The summed E-state index contributed by atoms with van der Waals surface area (Å²) in [5.41, 5.74) is 2.70. The first-order valence-electron chi connectivity index (χ1n) is 7.64. The number of azo groups is 1. The van der Waals surface area contributed by atoms with Crippen LogP contribution in [0, 0.1) is 6.92 Å². The maximum atomic E-state index is 10.0. The highest BCUT2D eigenvalue weighted by atomic mass is 16.5. The van der Waals surface area contributed by atoms with Gasteiger partial charge in [0, 0.05) is 12.1 Å². The third kappa shape index (κ3) is 3.63. The van der Waals surface area contributed by atoms with E-state index in [2.05, 4.69) is 10.2 Å². The number of benzene rings is 2. The number of hydrogen-bond donors (Lipinski definition) is 1. The average molecular weight is 338 g/mol. The third-order valence-electron chi connectivity index (χ3n) is 3.64. The predicted octanol–water partition coefficient (Wildman–Crippen LogP) is 5.39. The Labute approximate surface area is 145 Å². The number of furan rings is 1. The van der Waals surface area contributed by atoms with E-state index in [4.69, 9.17) is 13.9 Å². The van der Waals surface area contributed by atoms with E-state index in [0.29, 0.717) is 28.5 Å². The summed E-state index contributed by atoms with van der Waals surface area (Å²) < 4.78 is 15.9. The highest BCUT2D eigenvalue weighted by molar-refractivity contribution is 5.71. The molecule has 0 radical (unpaired) electrons. The first kappa shape index (κ1) is 16.6. The maximum Gasteiger partial charge on any atom is 0.311 e. The van der Waals surface area contributed by atoms with Gasteiger partial charge in [-0.25, -0.2) is 0 Å². The SMILES string of the molecule is COc1ccc(-c2cc(N=Nc3cccc(C)c3)c(O)o2)c(OC)c1. The fourth-order valence-electron chi connectivity index (χ4n) is 2.38. The van der Waals surface area contributed by atoms with Crippen molar-refractivity contribution in [1.29, 1.82) is 0 Å². The fraction of sp³-hybridized carbons (Fsp3) is 0.158. The van der Waals surface area contributed by atoms with Crippen LogP contribution in [-0.4, -0.2) is 19.3 Å². The summed E-state index contributed by atoms with van der Waals surface area (Å²) in [4.78, 5) is 0. The van der Waals surface area contributed by atoms with Crippen LogP contribution in [0.15, 0.2) is 63.2 Å². The molecule has 0 atom stereocenters. The summed E-state index contributed by atoms with van der Waals surface area (Å²) in [7, 11) is 3.14. The van der Waals surface area contributed by atoms with Gasteiger partial charge >= 0.3 is 5.95 Å². The number of nitrogens with zero attached hydrogens (tertiary/aromatic N) is 2. The molecule has 1 N–H and O–H groups in total. The lowest BCUT2D eigenvalue weighted by Crippen LogP contribution is -1.89. The first-order valence-corrected chi connectivity index (χ1v) is 7.64. The van der Waals surface area contributed by atoms with Gasteiger partial charge in [-0.1, -0.05) is 12.1 Å². The van der Waals surface area contributed by atoms with Crippen molar-refractivity contribution in [2.24, 2.45) is 10.2 Å². The average Bonchev–Trinajstić information content (AvgIpc) is 3.00. The molecule has 0 aliphatic heterocycles. The summed E-state index contributed by atoms with van der Waals surface area (Å²) in [6.07, 6.45) is 0. The molecule has 0 aliphatic carbocycles. The van der Waals surface area contributed by atoms with Crippen LogP contribution in [0.1, 0.15) is 5.56 Å². The lowest BCUT2D eigenvalue weighted by Gasteiger charge is -2.07. The number of hydrogen-bond acceptors (Lipinski definition) is 6. The van der Waals surface area contributed by atoms with Gasteiger partial charge in [-0.05, 0) is 36.8 Å². The third-order valence-corrected chi connectivity index (χ3v) is 3.64. The maximum absolute atomic E-state index is 10.0. The molecule has 2 aromatic carbocycles. The van der Waals surface area contributed by atoms with Gasteiger partial charge in [0.2, 0.25) is 0 Å². The van der Waals surface area contributed by atoms with Gasteiger partial charge in [-0.3, -0.25) is 0 Å². The van der Waals surface area contributed by atoms with Gasteiger partial charge in [0.05, 0.1) is 25.5 Å². The van der Waals surface area contributed by atoms with Crippen LogP contribution >= 0.6 is 0 Å². The molecule has 0 saturated heterocycles. The summed E-state index contributed by atoms with van der Waals surface area (Å²) in [6, 6.07) is 14.5. The normalized spacial score (nSPS) is 11.0. The van der Waals surface area contributed by atoms with Gasteiger partial charge in [0.25, 0.3) is 0 Å². The van der Waals surface area contributed by atoms with Crippen molar-refractivity contribution in [2.45, 2.75) is 6.92 Å². The Bertz CT molecular complexity index is 916. The Hall–Kier alpha value is -3.28. The van der Waals surface area contributed by atoms with E-state index >= 15 is 0 Å². The molecule has 0 aliphatic rings. The Morgan fingerprint density at radius 3 is 2.52 bits per heavy atom. The van der Waals surface area contributed by atoms with Gasteiger partial charge in [-0.15, -0.1) is 5.11 Å². The van der Waals surface area contributed by atoms with Crippen LogP contribution in [0.5, 0.6) is 17.4 Å². The summed E-state index contributed by atoms with van der Waals surface area (Å²) >= 11 is 0. The van der Waals surface area contributed by atoms with Crippen molar-refractivity contribution in [2.75, 3.05) is 14.2 Å². The van der Waals surface area contributed by atoms with Crippen LogP contribution in [0.2, 0.25) is 0 Å². The molecule has 25 heavy (non-hydrogen) atoms. The van der Waals surface area contributed by atoms with Crippen LogP contribution < -0.4 is 9.47 Å². The smallest absolute Gasteiger partial charge is 0.311 e. The largest absolute Gasteiger partial charge is 0.497 e. The number of methoxy groups -OCH3 is 2. The van der Waals surface area contributed by atoms with Crippen LogP contribution in [0.4, 0.5) is 11.4 Å². The fourth-order valence-corrected chi connectivity index (χ4v) is 2.38. The molecule has 3 rings (SSSR count). The zero-order valence-corrected chi connectivity index (χ0v) is 14.2. The zero-order chi connectivity index (χ0) is 17.8. The summed E-state index contributed by atoms with van der Waals surface area (Å²) in [5.74, 6) is 1.35. The van der Waals surface area contributed by atoms with Crippen LogP contribution in [0.3, 0.4) is 0 Å². The molecule has 0 amide bonds. The van der Waals surface area contributed by atoms with Crippen molar-refractivity contribution in [1.82, 2.24) is 0 Å². The Kier molecular flexibility index (Phi) is 4.70. The number of ether oxygens (including phenoxy) is 2. The summed E-state index contributed by atoms with van der Waals surface area (Å²) in [6.45, 7) is 1.97. The van der Waals surface area contributed by atoms with E-state index < -0.39 is 0 Å². The lowest BCUT2D eigenvalue weighted by molar-refractivity contribution is 0.338. The van der Waals surface area contributed by atoms with E-state index in [1.54, 1.807) is 38.5 Å². The number of aromatic hydroxyl groups is 1. The predicted molar refractivity (Wildman–Crippen MR) is 94.3 cm³/mol. The molecule has 128 valence electrons. The van der Waals surface area contributed by atoms with Crippen LogP contribution in [-0.2, 0) is 0 Å². The second-order valence-corrected chi connectivity index (χ2v) is 5.41. The minimum absolute atomic E-state index is 0.245. The molecular weight excluding hydrogens is 320 g/mol. The molecular formula is C19H18N2O4. The number of aryl methyl sites for hydroxylation is 1. The standard InChI is InChI=1S/C19H18N2O4/c1-12-5-4-6-13(9-12)20-21-16-11-18(25-19(16)22)15-8-7-14(23-2)10-17(15)24-3/h4-11,22H,1-3H3. The highest BCUT2D eigenvalue weighted by Gasteiger charge is 2.16. The zero-order valence-electron chi connectivity index (χ0n) is 14.2. The molecule has 0 bridgehead atoms. The van der Waals surface area contributed by atoms with Gasteiger partial charge < -0.3 is 19.0 Å². The van der Waals surface area contributed by atoms with Crippen molar-refractivity contribution < 1.29 is 19.0 Å². The minimum Gasteiger partial charge on any atom is -0.497 e. The van der Waals surface area contributed by atoms with Crippen molar-refractivity contribution in [3.8, 4) is 28.8 Å². The highest BCUT2D eigenvalue weighted by Crippen LogP contribution is 2.41. The minimum atomic E-state index is -0.302. The lowest BCUT2D eigenvalue weighted by atomic mass is 10.1. The molecule has 0 fully saturated rings. The van der Waals surface area contributed by atoms with Gasteiger partial charge in [0.15, 0.2) is 5.69 Å². The van der Waals surface area contributed by atoms with Crippen molar-refractivity contribution in [3.05, 3.63) is 54.1 Å². The van der Waals surface area contributed by atoms with E-state index in [-0.39, 0.29) is 11.6 Å². The number of rotatable bonds is 5. The topological polar surface area (TPSA) is 76.6 Å². The molecule has 0 spiro atoms. The monoisotopic (exact) mass is 338 g/mol. The van der Waals surface area contributed by atoms with Gasteiger partial charge in [-0.2, -0.15) is 5.11 Å². The van der Waals surface area contributed by atoms with Crippen molar-refractivity contribution in [3.63, 3.8) is 0 Å². The molecule has 1 heterocycles. The Balaban J connectivity index is 1.93. The quantitative estimate of drug-likeness (QED) is 0.632. The Morgan fingerprint density at radius 2 is 1.80 bits per heavy atom. The second kappa shape index (κ2) is 7.09. The molecule has 0 saturated carbocycles. The van der Waals surface area contributed by atoms with E-state index in [0.717, 1.165) is 5.56 Å². The van der Waals surface area contributed by atoms with Crippen LogP contribution in [0.25, 0.3) is 11.3 Å². The summed E-state index contributed by atoms with van der Waals surface area (Å²) in [5, 5.41) is 18.2.